The number of hydrogen-bond donors (Lipinski definition) is 0. The van der Waals surface area contributed by atoms with Crippen molar-refractivity contribution in [2.24, 2.45) is 0 Å². The van der Waals surface area contributed by atoms with Crippen molar-refractivity contribution in [3.8, 4) is 6.07 Å². The molecule has 2 heterocycles. The molecule has 7 nitrogen and oxygen atoms in total. The highest BCUT2D eigenvalue weighted by atomic mass is 35.5. The Morgan fingerprint density at radius 1 is 1.35 bits per heavy atom. The fourth-order valence-electron chi connectivity index (χ4n) is 3.03. The maximum absolute atomic E-state index is 9.32. The molecule has 8 heteroatoms. The molecule has 1 aromatic carbocycles. The molecule has 0 aliphatic carbocycles. The van der Waals surface area contributed by atoms with Crippen molar-refractivity contribution in [3.05, 3.63) is 40.5 Å². The lowest BCUT2D eigenvalue weighted by atomic mass is 10.1. The van der Waals surface area contributed by atoms with Crippen molar-refractivity contribution in [3.63, 3.8) is 0 Å². The van der Waals surface area contributed by atoms with E-state index in [1.54, 1.807) is 6.07 Å². The summed E-state index contributed by atoms with van der Waals surface area (Å²) in [6.45, 7) is 8.44. The van der Waals surface area contributed by atoms with E-state index in [0.29, 0.717) is 35.5 Å². The molecule has 0 bridgehead atoms. The lowest BCUT2D eigenvalue weighted by molar-refractivity contribution is 0.0683. The predicted octanol–water partition coefficient (Wildman–Crippen LogP) is 3.01. The summed E-state index contributed by atoms with van der Waals surface area (Å²) >= 11 is 5.98. The zero-order valence-electron chi connectivity index (χ0n) is 15.0. The molecule has 1 unspecified atom stereocenters. The number of nitrogens with zero attached hydrogens (tertiary/aromatic N) is 5. The van der Waals surface area contributed by atoms with Gasteiger partial charge in [0.2, 0.25) is 5.89 Å². The molecule has 1 saturated heterocycles. The van der Waals surface area contributed by atoms with Crippen LogP contribution >= 0.6 is 11.6 Å². The Hall–Kier alpha value is -2.14. The Kier molecular flexibility index (Phi) is 6.09. The number of piperazine rings is 1. The molecular weight excluding hydrogens is 354 g/mol. The molecule has 0 amide bonds. The van der Waals surface area contributed by atoms with E-state index in [9.17, 15) is 5.26 Å². The summed E-state index contributed by atoms with van der Waals surface area (Å²) in [7, 11) is 0. The monoisotopic (exact) mass is 375 g/mol. The fraction of sp³-hybridized carbons (Fsp3) is 0.500. The highest BCUT2D eigenvalue weighted by Gasteiger charge is 2.22. The topological polar surface area (TPSA) is 78.4 Å². The Morgan fingerprint density at radius 2 is 2.12 bits per heavy atom. The van der Waals surface area contributed by atoms with Gasteiger partial charge in [0.05, 0.1) is 17.8 Å². The molecule has 1 aliphatic rings. The minimum absolute atomic E-state index is 0.163. The standard InChI is InChI=1S/C18H22ClN5O2/c1-3-25-13(2)18-21-17(26-22-18)12-23-6-8-24(9-7-23)16-5-4-15(19)10-14(16)11-20/h4-5,10,13H,3,6-9,12H2,1-2H3. The highest BCUT2D eigenvalue weighted by molar-refractivity contribution is 6.30. The van der Waals surface area contributed by atoms with Gasteiger partial charge < -0.3 is 14.2 Å². The molecule has 0 radical (unpaired) electrons. The second kappa shape index (κ2) is 8.49. The largest absolute Gasteiger partial charge is 0.371 e. The van der Waals surface area contributed by atoms with Crippen LogP contribution < -0.4 is 4.90 Å². The Balaban J connectivity index is 1.57. The van der Waals surface area contributed by atoms with E-state index in [2.05, 4.69) is 26.0 Å². The van der Waals surface area contributed by atoms with Crippen LogP contribution in [-0.4, -0.2) is 47.8 Å². The van der Waals surface area contributed by atoms with Gasteiger partial charge >= 0.3 is 0 Å². The molecule has 1 aliphatic heterocycles. The number of halogens is 1. The first-order chi connectivity index (χ1) is 12.6. The van der Waals surface area contributed by atoms with Crippen molar-refractivity contribution in [1.29, 1.82) is 5.26 Å². The smallest absolute Gasteiger partial charge is 0.240 e. The van der Waals surface area contributed by atoms with Crippen LogP contribution in [0.15, 0.2) is 22.7 Å². The normalized spacial score (nSPS) is 16.5. The molecular formula is C18H22ClN5O2. The van der Waals surface area contributed by atoms with Gasteiger partial charge in [-0.2, -0.15) is 10.2 Å². The second-order valence-corrected chi connectivity index (χ2v) is 6.62. The highest BCUT2D eigenvalue weighted by Crippen LogP contribution is 2.25. The zero-order chi connectivity index (χ0) is 18.5. The molecule has 1 fully saturated rings. The third kappa shape index (κ3) is 4.33. The van der Waals surface area contributed by atoms with Crippen LogP contribution in [0.25, 0.3) is 0 Å². The predicted molar refractivity (Wildman–Crippen MR) is 98.0 cm³/mol. The lowest BCUT2D eigenvalue weighted by Gasteiger charge is -2.35. The Labute approximate surface area is 158 Å². The third-order valence-electron chi connectivity index (χ3n) is 4.41. The van der Waals surface area contributed by atoms with Crippen molar-refractivity contribution in [2.45, 2.75) is 26.5 Å². The summed E-state index contributed by atoms with van der Waals surface area (Å²) < 4.78 is 10.8. The number of hydrogen-bond acceptors (Lipinski definition) is 7. The van der Waals surface area contributed by atoms with Gasteiger partial charge in [-0.1, -0.05) is 16.8 Å². The van der Waals surface area contributed by atoms with Crippen LogP contribution in [0.1, 0.15) is 37.2 Å². The average molecular weight is 376 g/mol. The van der Waals surface area contributed by atoms with Crippen LogP contribution in [0.4, 0.5) is 5.69 Å². The maximum Gasteiger partial charge on any atom is 0.240 e. The molecule has 1 aromatic heterocycles. The van der Waals surface area contributed by atoms with Gasteiger partial charge in [0.1, 0.15) is 12.2 Å². The molecule has 0 N–H and O–H groups in total. The van der Waals surface area contributed by atoms with Crippen LogP contribution in [-0.2, 0) is 11.3 Å². The van der Waals surface area contributed by atoms with Crippen LogP contribution in [0, 0.1) is 11.3 Å². The van der Waals surface area contributed by atoms with E-state index >= 15 is 0 Å². The molecule has 2 aromatic rings. The van der Waals surface area contributed by atoms with Gasteiger partial charge in [0.15, 0.2) is 5.82 Å². The van der Waals surface area contributed by atoms with Gasteiger partial charge in [0.25, 0.3) is 0 Å². The fourth-order valence-corrected chi connectivity index (χ4v) is 3.21. The number of aromatic nitrogens is 2. The van der Waals surface area contributed by atoms with Crippen LogP contribution in [0.3, 0.4) is 0 Å². The summed E-state index contributed by atoms with van der Waals surface area (Å²) in [6, 6.07) is 7.67. The SMILES string of the molecule is CCOC(C)c1noc(CN2CCN(c3ccc(Cl)cc3C#N)CC2)n1. The summed E-state index contributed by atoms with van der Waals surface area (Å²) in [5.74, 6) is 1.18. The van der Waals surface area contributed by atoms with Gasteiger partial charge in [-0.25, -0.2) is 0 Å². The molecule has 138 valence electrons. The van der Waals surface area contributed by atoms with Gasteiger partial charge in [0, 0.05) is 37.8 Å². The summed E-state index contributed by atoms with van der Waals surface area (Å²) in [6.07, 6.45) is -0.163. The number of anilines is 1. The quantitative estimate of drug-likeness (QED) is 0.767. The van der Waals surface area contributed by atoms with Crippen LogP contribution in [0.5, 0.6) is 0 Å². The number of rotatable bonds is 6. The first-order valence-corrected chi connectivity index (χ1v) is 9.09. The first-order valence-electron chi connectivity index (χ1n) is 8.71. The molecule has 0 saturated carbocycles. The van der Waals surface area contributed by atoms with Crippen molar-refractivity contribution in [1.82, 2.24) is 15.0 Å². The second-order valence-electron chi connectivity index (χ2n) is 6.18. The minimum atomic E-state index is -0.163. The first kappa shape index (κ1) is 18.6. The van der Waals surface area contributed by atoms with E-state index in [1.807, 2.05) is 26.0 Å². The number of benzene rings is 1. The van der Waals surface area contributed by atoms with Gasteiger partial charge in [-0.3, -0.25) is 4.90 Å². The van der Waals surface area contributed by atoms with E-state index in [-0.39, 0.29) is 6.10 Å². The van der Waals surface area contributed by atoms with Crippen molar-refractivity contribution < 1.29 is 9.26 Å². The number of ether oxygens (including phenoxy) is 1. The van der Waals surface area contributed by atoms with Gasteiger partial charge in [-0.15, -0.1) is 0 Å². The zero-order valence-corrected chi connectivity index (χ0v) is 15.7. The van der Waals surface area contributed by atoms with Crippen molar-refractivity contribution >= 4 is 17.3 Å². The molecule has 0 spiro atoms. The van der Waals surface area contributed by atoms with Crippen LogP contribution in [0.2, 0.25) is 5.02 Å². The summed E-state index contributed by atoms with van der Waals surface area (Å²) in [4.78, 5) is 8.90. The molecule has 3 rings (SSSR count). The third-order valence-corrected chi connectivity index (χ3v) is 4.65. The summed E-state index contributed by atoms with van der Waals surface area (Å²) in [5, 5.41) is 13.9. The Morgan fingerprint density at radius 3 is 2.81 bits per heavy atom. The molecule has 1 atom stereocenters. The maximum atomic E-state index is 9.32. The van der Waals surface area contributed by atoms with Crippen molar-refractivity contribution in [2.75, 3.05) is 37.7 Å². The van der Waals surface area contributed by atoms with E-state index in [0.717, 1.165) is 31.9 Å². The molecule has 26 heavy (non-hydrogen) atoms. The minimum Gasteiger partial charge on any atom is -0.371 e. The van der Waals surface area contributed by atoms with E-state index in [1.165, 1.54) is 0 Å². The number of nitriles is 1. The van der Waals surface area contributed by atoms with E-state index < -0.39 is 0 Å². The lowest BCUT2D eigenvalue weighted by Crippen LogP contribution is -2.46. The average Bonchev–Trinajstić information content (AvgIpc) is 3.11. The van der Waals surface area contributed by atoms with E-state index in [4.69, 9.17) is 20.9 Å². The van der Waals surface area contributed by atoms with Gasteiger partial charge in [-0.05, 0) is 32.0 Å². The summed E-state index contributed by atoms with van der Waals surface area (Å²) in [5.41, 5.74) is 1.54. The Bertz CT molecular complexity index is 780.